The van der Waals surface area contributed by atoms with Gasteiger partial charge in [-0.1, -0.05) is 23.7 Å². The number of ether oxygens (including phenoxy) is 2. The topological polar surface area (TPSA) is 44.2 Å². The minimum absolute atomic E-state index is 0.371. The van der Waals surface area contributed by atoms with Crippen molar-refractivity contribution in [1.82, 2.24) is 9.97 Å². The van der Waals surface area contributed by atoms with Crippen LogP contribution in [0, 0.1) is 0 Å². The van der Waals surface area contributed by atoms with E-state index in [1.54, 1.807) is 6.07 Å². The number of rotatable bonds is 2. The van der Waals surface area contributed by atoms with Gasteiger partial charge in [-0.2, -0.15) is 0 Å². The summed E-state index contributed by atoms with van der Waals surface area (Å²) in [5.74, 6) is 0. The fourth-order valence-electron chi connectivity index (χ4n) is 1.81. The molecule has 2 aromatic rings. The minimum atomic E-state index is -0.371. The Bertz CT molecular complexity index is 556. The molecule has 0 spiro atoms. The lowest BCUT2D eigenvalue weighted by Crippen LogP contribution is -2.02. The van der Waals surface area contributed by atoms with Gasteiger partial charge in [0.15, 0.2) is 0 Å². The second kappa shape index (κ2) is 5.02. The van der Waals surface area contributed by atoms with Crippen molar-refractivity contribution in [2.45, 2.75) is 6.29 Å². The summed E-state index contributed by atoms with van der Waals surface area (Å²) in [6, 6.07) is 11.1. The second-order valence-corrected chi connectivity index (χ2v) is 4.25. The van der Waals surface area contributed by atoms with E-state index in [-0.39, 0.29) is 6.29 Å². The standard InChI is InChI=1S/C13H11ClN2O2/c14-12-6-2-4-10(16-12)9-3-1-5-11(15-9)13-17-7-8-18-13/h1-6,13H,7-8H2. The first kappa shape index (κ1) is 11.6. The molecule has 0 aliphatic carbocycles. The molecular formula is C13H11ClN2O2. The monoisotopic (exact) mass is 262 g/mol. The molecule has 1 saturated heterocycles. The van der Waals surface area contributed by atoms with Crippen LogP contribution in [0.25, 0.3) is 11.4 Å². The van der Waals surface area contributed by atoms with Crippen LogP contribution in [0.4, 0.5) is 0 Å². The van der Waals surface area contributed by atoms with Crippen LogP contribution < -0.4 is 0 Å². The van der Waals surface area contributed by atoms with Gasteiger partial charge in [0.1, 0.15) is 5.15 Å². The average molecular weight is 263 g/mol. The summed E-state index contributed by atoms with van der Waals surface area (Å²) in [5.41, 5.74) is 2.25. The fraction of sp³-hybridized carbons (Fsp3) is 0.231. The second-order valence-electron chi connectivity index (χ2n) is 3.87. The zero-order valence-electron chi connectivity index (χ0n) is 9.54. The highest BCUT2D eigenvalue weighted by Gasteiger charge is 2.20. The normalized spacial score (nSPS) is 16.1. The van der Waals surface area contributed by atoms with Crippen molar-refractivity contribution in [3.63, 3.8) is 0 Å². The van der Waals surface area contributed by atoms with Crippen molar-refractivity contribution in [2.75, 3.05) is 13.2 Å². The predicted octanol–water partition coefficient (Wildman–Crippen LogP) is 2.84. The van der Waals surface area contributed by atoms with Crippen LogP contribution in [0.3, 0.4) is 0 Å². The summed E-state index contributed by atoms with van der Waals surface area (Å²) >= 11 is 5.87. The van der Waals surface area contributed by atoms with E-state index in [0.717, 1.165) is 17.1 Å². The summed E-state index contributed by atoms with van der Waals surface area (Å²) < 4.78 is 10.8. The smallest absolute Gasteiger partial charge is 0.201 e. The van der Waals surface area contributed by atoms with Crippen LogP contribution in [0.5, 0.6) is 0 Å². The molecule has 0 atom stereocenters. The zero-order chi connectivity index (χ0) is 12.4. The van der Waals surface area contributed by atoms with Crippen LogP contribution in [-0.2, 0) is 9.47 Å². The molecule has 0 saturated carbocycles. The molecule has 4 nitrogen and oxygen atoms in total. The van der Waals surface area contributed by atoms with E-state index in [0.29, 0.717) is 18.4 Å². The van der Waals surface area contributed by atoms with Crippen LogP contribution in [-0.4, -0.2) is 23.2 Å². The van der Waals surface area contributed by atoms with Crippen molar-refractivity contribution in [2.24, 2.45) is 0 Å². The molecule has 0 amide bonds. The lowest BCUT2D eigenvalue weighted by atomic mass is 10.2. The molecule has 1 aliphatic rings. The van der Waals surface area contributed by atoms with Gasteiger partial charge < -0.3 is 9.47 Å². The number of pyridine rings is 2. The highest BCUT2D eigenvalue weighted by Crippen LogP contribution is 2.24. The first-order chi connectivity index (χ1) is 8.83. The summed E-state index contributed by atoms with van der Waals surface area (Å²) in [6.07, 6.45) is -0.371. The molecule has 0 radical (unpaired) electrons. The van der Waals surface area contributed by atoms with Gasteiger partial charge in [0.25, 0.3) is 0 Å². The first-order valence-corrected chi connectivity index (χ1v) is 6.04. The number of hydrogen-bond acceptors (Lipinski definition) is 4. The van der Waals surface area contributed by atoms with E-state index in [2.05, 4.69) is 9.97 Å². The SMILES string of the molecule is Clc1cccc(-c2cccc(C3OCCO3)n2)n1. The van der Waals surface area contributed by atoms with Gasteiger partial charge in [0.05, 0.1) is 30.3 Å². The number of nitrogens with zero attached hydrogens (tertiary/aromatic N) is 2. The molecule has 18 heavy (non-hydrogen) atoms. The van der Waals surface area contributed by atoms with Crippen LogP contribution in [0.2, 0.25) is 5.15 Å². The summed E-state index contributed by atoms with van der Waals surface area (Å²) in [4.78, 5) is 8.73. The van der Waals surface area contributed by atoms with E-state index in [1.165, 1.54) is 0 Å². The Kier molecular flexibility index (Phi) is 3.23. The van der Waals surface area contributed by atoms with E-state index >= 15 is 0 Å². The Morgan fingerprint density at radius 3 is 2.33 bits per heavy atom. The van der Waals surface area contributed by atoms with Gasteiger partial charge in [-0.15, -0.1) is 0 Å². The van der Waals surface area contributed by atoms with E-state index < -0.39 is 0 Å². The summed E-state index contributed by atoms with van der Waals surface area (Å²) in [5, 5.41) is 0.452. The lowest BCUT2D eigenvalue weighted by Gasteiger charge is -2.09. The molecule has 1 aliphatic heterocycles. The van der Waals surface area contributed by atoms with Gasteiger partial charge in [-0.05, 0) is 24.3 Å². The van der Waals surface area contributed by atoms with Crippen molar-refractivity contribution in [1.29, 1.82) is 0 Å². The quantitative estimate of drug-likeness (QED) is 0.781. The maximum Gasteiger partial charge on any atom is 0.201 e. The van der Waals surface area contributed by atoms with E-state index in [9.17, 15) is 0 Å². The summed E-state index contributed by atoms with van der Waals surface area (Å²) in [6.45, 7) is 1.21. The van der Waals surface area contributed by atoms with Gasteiger partial charge in [0, 0.05) is 0 Å². The Hall–Kier alpha value is -1.49. The van der Waals surface area contributed by atoms with Crippen molar-refractivity contribution in [3.05, 3.63) is 47.2 Å². The van der Waals surface area contributed by atoms with Gasteiger partial charge >= 0.3 is 0 Å². The van der Waals surface area contributed by atoms with E-state index in [4.69, 9.17) is 21.1 Å². The molecule has 0 bridgehead atoms. The number of hydrogen-bond donors (Lipinski definition) is 0. The predicted molar refractivity (Wildman–Crippen MR) is 67.1 cm³/mol. The molecule has 1 fully saturated rings. The molecule has 0 aromatic carbocycles. The Morgan fingerprint density at radius 1 is 0.944 bits per heavy atom. The summed E-state index contributed by atoms with van der Waals surface area (Å²) in [7, 11) is 0. The maximum atomic E-state index is 5.87. The van der Waals surface area contributed by atoms with Gasteiger partial charge in [0.2, 0.25) is 6.29 Å². The molecule has 0 unspecified atom stereocenters. The van der Waals surface area contributed by atoms with Gasteiger partial charge in [-0.25, -0.2) is 9.97 Å². The van der Waals surface area contributed by atoms with Crippen LogP contribution in [0.1, 0.15) is 12.0 Å². The number of aromatic nitrogens is 2. The molecule has 2 aromatic heterocycles. The largest absolute Gasteiger partial charge is 0.345 e. The third-order valence-corrected chi connectivity index (χ3v) is 2.82. The highest BCUT2D eigenvalue weighted by atomic mass is 35.5. The lowest BCUT2D eigenvalue weighted by molar-refractivity contribution is -0.0472. The first-order valence-electron chi connectivity index (χ1n) is 5.66. The fourth-order valence-corrected chi connectivity index (χ4v) is 1.97. The van der Waals surface area contributed by atoms with Crippen LogP contribution >= 0.6 is 11.6 Å². The zero-order valence-corrected chi connectivity index (χ0v) is 10.3. The van der Waals surface area contributed by atoms with E-state index in [1.807, 2.05) is 30.3 Å². The highest BCUT2D eigenvalue weighted by molar-refractivity contribution is 6.29. The average Bonchev–Trinajstić information content (AvgIpc) is 2.93. The molecule has 92 valence electrons. The minimum Gasteiger partial charge on any atom is -0.345 e. The molecule has 5 heteroatoms. The molecule has 0 N–H and O–H groups in total. The van der Waals surface area contributed by atoms with Crippen molar-refractivity contribution in [3.8, 4) is 11.4 Å². The Balaban J connectivity index is 1.95. The molecule has 3 rings (SSSR count). The number of halogens is 1. The maximum absolute atomic E-state index is 5.87. The van der Waals surface area contributed by atoms with Gasteiger partial charge in [-0.3, -0.25) is 0 Å². The third-order valence-electron chi connectivity index (χ3n) is 2.61. The van der Waals surface area contributed by atoms with Crippen molar-refractivity contribution >= 4 is 11.6 Å². The molecule has 3 heterocycles. The van der Waals surface area contributed by atoms with Crippen molar-refractivity contribution < 1.29 is 9.47 Å². The molecular weight excluding hydrogens is 252 g/mol. The van der Waals surface area contributed by atoms with Crippen LogP contribution in [0.15, 0.2) is 36.4 Å². The Morgan fingerprint density at radius 2 is 1.61 bits per heavy atom. The Labute approximate surface area is 110 Å². The third kappa shape index (κ3) is 2.36.